The van der Waals surface area contributed by atoms with E-state index in [1.165, 1.54) is 0 Å². The van der Waals surface area contributed by atoms with Gasteiger partial charge in [-0.3, -0.25) is 10.2 Å². The Balaban J connectivity index is 1.60. The lowest BCUT2D eigenvalue weighted by molar-refractivity contribution is 0.0342. The van der Waals surface area contributed by atoms with Gasteiger partial charge in [0.25, 0.3) is 0 Å². The van der Waals surface area contributed by atoms with Crippen molar-refractivity contribution >= 4 is 34.1 Å². The van der Waals surface area contributed by atoms with Gasteiger partial charge in [0.2, 0.25) is 0 Å². The highest BCUT2D eigenvalue weighted by atomic mass is 32.1. The molecular formula is C25H31N5O3S. The molecule has 180 valence electrons. The van der Waals surface area contributed by atoms with E-state index in [1.807, 2.05) is 58.2 Å². The number of pyridine rings is 1. The second-order valence-corrected chi connectivity index (χ2v) is 10.5. The fourth-order valence-corrected chi connectivity index (χ4v) is 4.28. The molecule has 0 aliphatic carbocycles. The van der Waals surface area contributed by atoms with Gasteiger partial charge in [-0.15, -0.1) is 11.3 Å². The highest BCUT2D eigenvalue weighted by Crippen LogP contribution is 2.28. The summed E-state index contributed by atoms with van der Waals surface area (Å²) >= 11 is 1.59. The lowest BCUT2D eigenvalue weighted by Crippen LogP contribution is -2.35. The van der Waals surface area contributed by atoms with E-state index in [9.17, 15) is 4.79 Å². The van der Waals surface area contributed by atoms with Crippen LogP contribution in [0.4, 0.5) is 21.4 Å². The quantitative estimate of drug-likeness (QED) is 0.485. The summed E-state index contributed by atoms with van der Waals surface area (Å²) in [5.74, 6) is 0.737. The highest BCUT2D eigenvalue weighted by molar-refractivity contribution is 7.15. The van der Waals surface area contributed by atoms with Crippen LogP contribution in [0.1, 0.15) is 31.2 Å². The predicted octanol–water partition coefficient (Wildman–Crippen LogP) is 5.44. The number of morpholine rings is 1. The molecule has 1 aliphatic rings. The molecule has 0 saturated carbocycles. The minimum atomic E-state index is -0.564. The Hall–Kier alpha value is -3.01. The molecular weight excluding hydrogens is 450 g/mol. The smallest absolute Gasteiger partial charge is 0.412 e. The van der Waals surface area contributed by atoms with Gasteiger partial charge in [0.15, 0.2) is 5.13 Å². The minimum Gasteiger partial charge on any atom is -0.444 e. The molecule has 1 fully saturated rings. The molecule has 1 aromatic carbocycles. The van der Waals surface area contributed by atoms with Crippen molar-refractivity contribution in [3.05, 3.63) is 53.0 Å². The van der Waals surface area contributed by atoms with Gasteiger partial charge in [0.05, 0.1) is 18.9 Å². The van der Waals surface area contributed by atoms with Crippen molar-refractivity contribution in [2.75, 3.05) is 36.9 Å². The van der Waals surface area contributed by atoms with Crippen molar-refractivity contribution in [3.63, 3.8) is 0 Å². The van der Waals surface area contributed by atoms with Crippen molar-refractivity contribution in [2.45, 2.75) is 39.8 Å². The van der Waals surface area contributed by atoms with Crippen LogP contribution in [-0.2, 0) is 16.0 Å². The molecule has 34 heavy (non-hydrogen) atoms. The van der Waals surface area contributed by atoms with Crippen LogP contribution in [0.3, 0.4) is 0 Å². The van der Waals surface area contributed by atoms with E-state index in [2.05, 4.69) is 32.7 Å². The first-order valence-electron chi connectivity index (χ1n) is 11.3. The molecule has 1 saturated heterocycles. The number of thiazole rings is 1. The minimum absolute atomic E-state index is 0.486. The summed E-state index contributed by atoms with van der Waals surface area (Å²) in [7, 11) is 0. The molecule has 3 heterocycles. The van der Waals surface area contributed by atoms with Crippen molar-refractivity contribution in [1.82, 2.24) is 14.9 Å². The second-order valence-electron chi connectivity index (χ2n) is 9.24. The zero-order valence-electron chi connectivity index (χ0n) is 20.1. The SMILES string of the molecule is Cc1cnc(Nc2cc(CN3CCOCC3)cc(-c3cccc(NC(=O)OC(C)(C)C)c3)n2)s1. The maximum Gasteiger partial charge on any atom is 0.412 e. The normalized spacial score (nSPS) is 14.6. The van der Waals surface area contributed by atoms with Crippen LogP contribution in [0.25, 0.3) is 11.3 Å². The number of ether oxygens (including phenoxy) is 2. The fourth-order valence-electron chi connectivity index (χ4n) is 3.61. The molecule has 9 heteroatoms. The maximum absolute atomic E-state index is 12.2. The van der Waals surface area contributed by atoms with E-state index in [0.29, 0.717) is 5.69 Å². The number of nitrogens with one attached hydrogen (secondary N) is 2. The molecule has 4 rings (SSSR count). The number of carbonyl (C=O) groups is 1. The Bertz CT molecular complexity index is 1140. The number of anilines is 3. The number of aromatic nitrogens is 2. The Labute approximate surface area is 204 Å². The molecule has 0 bridgehead atoms. The molecule has 0 unspecified atom stereocenters. The monoisotopic (exact) mass is 481 g/mol. The van der Waals surface area contributed by atoms with Gasteiger partial charge in [-0.1, -0.05) is 12.1 Å². The standard InChI is InChI=1S/C25H31N5O3S/c1-17-15-26-23(34-17)29-22-13-18(16-30-8-10-32-11-9-30)12-21(28-22)19-6-5-7-20(14-19)27-24(31)33-25(2,3)4/h5-7,12-15H,8-11,16H2,1-4H3,(H,27,31)(H,26,28,29). The van der Waals surface area contributed by atoms with Gasteiger partial charge in [-0.25, -0.2) is 14.8 Å². The van der Waals surface area contributed by atoms with E-state index in [0.717, 1.165) is 65.5 Å². The van der Waals surface area contributed by atoms with Crippen LogP contribution in [0, 0.1) is 6.92 Å². The summed E-state index contributed by atoms with van der Waals surface area (Å²) in [6, 6.07) is 11.8. The summed E-state index contributed by atoms with van der Waals surface area (Å²) in [5.41, 5.74) is 2.95. The largest absolute Gasteiger partial charge is 0.444 e. The predicted molar refractivity (Wildman–Crippen MR) is 136 cm³/mol. The summed E-state index contributed by atoms with van der Waals surface area (Å²) in [5, 5.41) is 6.96. The Morgan fingerprint density at radius 3 is 2.71 bits per heavy atom. The number of carbonyl (C=O) groups excluding carboxylic acids is 1. The Morgan fingerprint density at radius 2 is 2.00 bits per heavy atom. The molecule has 0 spiro atoms. The number of hydrogen-bond donors (Lipinski definition) is 2. The van der Waals surface area contributed by atoms with Gasteiger partial charge in [-0.05, 0) is 57.5 Å². The van der Waals surface area contributed by atoms with Crippen LogP contribution in [-0.4, -0.2) is 52.9 Å². The molecule has 2 aromatic heterocycles. The zero-order valence-corrected chi connectivity index (χ0v) is 20.9. The topological polar surface area (TPSA) is 88.6 Å². The third kappa shape index (κ3) is 6.99. The summed E-state index contributed by atoms with van der Waals surface area (Å²) in [6.45, 7) is 11.7. The third-order valence-corrected chi connectivity index (χ3v) is 5.88. The van der Waals surface area contributed by atoms with E-state index in [-0.39, 0.29) is 0 Å². The van der Waals surface area contributed by atoms with E-state index in [1.54, 1.807) is 11.3 Å². The summed E-state index contributed by atoms with van der Waals surface area (Å²) in [6.07, 6.45) is 1.36. The third-order valence-electron chi connectivity index (χ3n) is 5.05. The van der Waals surface area contributed by atoms with Gasteiger partial charge >= 0.3 is 6.09 Å². The van der Waals surface area contributed by atoms with Gasteiger partial charge < -0.3 is 14.8 Å². The van der Waals surface area contributed by atoms with E-state index < -0.39 is 11.7 Å². The maximum atomic E-state index is 12.2. The number of aryl methyl sites for hydroxylation is 1. The molecule has 0 atom stereocenters. The average molecular weight is 482 g/mol. The van der Waals surface area contributed by atoms with Crippen LogP contribution in [0.5, 0.6) is 0 Å². The highest BCUT2D eigenvalue weighted by Gasteiger charge is 2.17. The van der Waals surface area contributed by atoms with E-state index >= 15 is 0 Å². The Morgan fingerprint density at radius 1 is 1.21 bits per heavy atom. The first kappa shape index (κ1) is 24.1. The number of hydrogen-bond acceptors (Lipinski definition) is 8. The van der Waals surface area contributed by atoms with Crippen molar-refractivity contribution in [1.29, 1.82) is 0 Å². The first-order chi connectivity index (χ1) is 16.2. The van der Waals surface area contributed by atoms with Crippen molar-refractivity contribution in [3.8, 4) is 11.3 Å². The lowest BCUT2D eigenvalue weighted by Gasteiger charge is -2.26. The molecule has 1 amide bonds. The molecule has 8 nitrogen and oxygen atoms in total. The van der Waals surface area contributed by atoms with Gasteiger partial charge in [0.1, 0.15) is 11.4 Å². The second kappa shape index (κ2) is 10.5. The van der Waals surface area contributed by atoms with Gasteiger partial charge in [-0.2, -0.15) is 0 Å². The molecule has 1 aliphatic heterocycles. The lowest BCUT2D eigenvalue weighted by atomic mass is 10.1. The van der Waals surface area contributed by atoms with Gasteiger partial charge in [0, 0.05) is 42.0 Å². The molecule has 0 radical (unpaired) electrons. The Kier molecular flexibility index (Phi) is 7.45. The summed E-state index contributed by atoms with van der Waals surface area (Å²) < 4.78 is 10.9. The number of nitrogens with zero attached hydrogens (tertiary/aromatic N) is 3. The number of rotatable bonds is 6. The van der Waals surface area contributed by atoms with Crippen LogP contribution >= 0.6 is 11.3 Å². The average Bonchev–Trinajstić information content (AvgIpc) is 3.17. The van der Waals surface area contributed by atoms with Crippen LogP contribution in [0.15, 0.2) is 42.6 Å². The van der Waals surface area contributed by atoms with Crippen molar-refractivity contribution in [2.24, 2.45) is 0 Å². The van der Waals surface area contributed by atoms with Crippen molar-refractivity contribution < 1.29 is 14.3 Å². The fraction of sp³-hybridized carbons (Fsp3) is 0.400. The zero-order chi connectivity index (χ0) is 24.1. The number of benzene rings is 1. The van der Waals surface area contributed by atoms with Crippen LogP contribution < -0.4 is 10.6 Å². The molecule has 3 aromatic rings. The summed E-state index contributed by atoms with van der Waals surface area (Å²) in [4.78, 5) is 25.0. The van der Waals surface area contributed by atoms with Crippen LogP contribution in [0.2, 0.25) is 0 Å². The molecule has 2 N–H and O–H groups in total. The first-order valence-corrected chi connectivity index (χ1v) is 12.2. The van der Waals surface area contributed by atoms with E-state index in [4.69, 9.17) is 14.5 Å². The number of amides is 1.